The third kappa shape index (κ3) is 2.79. The van der Waals surface area contributed by atoms with E-state index in [1.807, 2.05) is 6.92 Å². The second kappa shape index (κ2) is 3.95. The molecule has 0 atom stereocenters. The van der Waals surface area contributed by atoms with Gasteiger partial charge in [-0.15, -0.1) is 0 Å². The predicted molar refractivity (Wildman–Crippen MR) is 45.0 cm³/mol. The van der Waals surface area contributed by atoms with Crippen molar-refractivity contribution in [3.05, 3.63) is 23.8 Å². The summed E-state index contributed by atoms with van der Waals surface area (Å²) in [7, 11) is 1.27. The zero-order chi connectivity index (χ0) is 9.84. The second-order valence-electron chi connectivity index (χ2n) is 2.77. The van der Waals surface area contributed by atoms with Crippen LogP contribution in [0.1, 0.15) is 11.4 Å². The zero-order valence-electron chi connectivity index (χ0n) is 7.56. The standard InChI is InChI=1S/C8H11N3O2/c1-6-4-9-7(10-5-6)3-8(12)11(2)13/h4-5,13H,3H2,1-2H3. The van der Waals surface area contributed by atoms with Crippen molar-refractivity contribution >= 4 is 5.91 Å². The van der Waals surface area contributed by atoms with Crippen LogP contribution < -0.4 is 0 Å². The molecule has 0 aliphatic carbocycles. The molecule has 0 bridgehead atoms. The van der Waals surface area contributed by atoms with Gasteiger partial charge < -0.3 is 0 Å². The van der Waals surface area contributed by atoms with Crippen LogP contribution in [0, 0.1) is 6.92 Å². The maximum Gasteiger partial charge on any atom is 0.253 e. The average Bonchev–Trinajstić information content (AvgIpc) is 2.08. The molecule has 13 heavy (non-hydrogen) atoms. The third-order valence-corrected chi connectivity index (χ3v) is 1.50. The van der Waals surface area contributed by atoms with E-state index in [1.165, 1.54) is 7.05 Å². The first-order valence-corrected chi connectivity index (χ1v) is 3.82. The van der Waals surface area contributed by atoms with Crippen molar-refractivity contribution in [3.8, 4) is 0 Å². The summed E-state index contributed by atoms with van der Waals surface area (Å²) < 4.78 is 0. The van der Waals surface area contributed by atoms with E-state index < -0.39 is 5.91 Å². The van der Waals surface area contributed by atoms with Gasteiger partial charge in [-0.1, -0.05) is 0 Å². The van der Waals surface area contributed by atoms with Gasteiger partial charge in [0.25, 0.3) is 5.91 Å². The molecule has 0 aliphatic heterocycles. The van der Waals surface area contributed by atoms with E-state index in [0.717, 1.165) is 5.56 Å². The van der Waals surface area contributed by atoms with Crippen molar-refractivity contribution in [2.45, 2.75) is 13.3 Å². The van der Waals surface area contributed by atoms with Crippen LogP contribution in [-0.4, -0.2) is 33.2 Å². The van der Waals surface area contributed by atoms with Gasteiger partial charge in [0.1, 0.15) is 5.82 Å². The molecule has 1 heterocycles. The quantitative estimate of drug-likeness (QED) is 0.522. The predicted octanol–water partition coefficient (Wildman–Crippen LogP) is 0.175. The Hall–Kier alpha value is -1.49. The molecule has 1 amide bonds. The van der Waals surface area contributed by atoms with E-state index in [2.05, 4.69) is 9.97 Å². The Bertz CT molecular complexity index is 295. The van der Waals surface area contributed by atoms with Gasteiger partial charge >= 0.3 is 0 Å². The van der Waals surface area contributed by atoms with Crippen LogP contribution in [0.2, 0.25) is 0 Å². The average molecular weight is 181 g/mol. The Labute approximate surface area is 76.0 Å². The van der Waals surface area contributed by atoms with Crippen molar-refractivity contribution in [2.24, 2.45) is 0 Å². The molecule has 0 aromatic carbocycles. The summed E-state index contributed by atoms with van der Waals surface area (Å²) >= 11 is 0. The summed E-state index contributed by atoms with van der Waals surface area (Å²) in [5, 5.41) is 9.30. The van der Waals surface area contributed by atoms with Crippen molar-refractivity contribution in [1.82, 2.24) is 15.0 Å². The zero-order valence-corrected chi connectivity index (χ0v) is 7.56. The van der Waals surface area contributed by atoms with Gasteiger partial charge in [-0.05, 0) is 12.5 Å². The molecule has 5 nitrogen and oxygen atoms in total. The molecule has 0 spiro atoms. The number of hydrogen-bond donors (Lipinski definition) is 1. The first-order chi connectivity index (χ1) is 6.09. The van der Waals surface area contributed by atoms with Crippen molar-refractivity contribution < 1.29 is 10.0 Å². The number of carbonyl (C=O) groups is 1. The minimum atomic E-state index is -0.427. The van der Waals surface area contributed by atoms with Gasteiger partial charge in [0.05, 0.1) is 6.42 Å². The van der Waals surface area contributed by atoms with E-state index in [4.69, 9.17) is 5.21 Å². The first-order valence-electron chi connectivity index (χ1n) is 3.82. The summed E-state index contributed by atoms with van der Waals surface area (Å²) in [4.78, 5) is 18.9. The largest absolute Gasteiger partial charge is 0.286 e. The first kappa shape index (κ1) is 9.60. The molecule has 1 rings (SSSR count). The highest BCUT2D eigenvalue weighted by Gasteiger charge is 2.08. The summed E-state index contributed by atoms with van der Waals surface area (Å²) in [5.41, 5.74) is 0.938. The molecular formula is C8H11N3O2. The lowest BCUT2D eigenvalue weighted by molar-refractivity contribution is -0.158. The Balaban J connectivity index is 2.65. The Morgan fingerprint density at radius 2 is 2.08 bits per heavy atom. The Morgan fingerprint density at radius 3 is 2.54 bits per heavy atom. The molecule has 70 valence electrons. The van der Waals surface area contributed by atoms with Crippen molar-refractivity contribution in [3.63, 3.8) is 0 Å². The molecule has 0 aliphatic rings. The smallest absolute Gasteiger partial charge is 0.253 e. The highest BCUT2D eigenvalue weighted by Crippen LogP contribution is 1.95. The van der Waals surface area contributed by atoms with Crippen molar-refractivity contribution in [1.29, 1.82) is 0 Å². The van der Waals surface area contributed by atoms with Crippen LogP contribution >= 0.6 is 0 Å². The number of nitrogens with zero attached hydrogens (tertiary/aromatic N) is 3. The maximum atomic E-state index is 11.0. The molecule has 0 radical (unpaired) electrons. The lowest BCUT2D eigenvalue weighted by Crippen LogP contribution is -2.25. The fourth-order valence-corrected chi connectivity index (χ4v) is 0.760. The monoisotopic (exact) mass is 181 g/mol. The van der Waals surface area contributed by atoms with E-state index in [9.17, 15) is 4.79 Å². The van der Waals surface area contributed by atoms with Gasteiger partial charge in [-0.25, -0.2) is 15.0 Å². The third-order valence-electron chi connectivity index (χ3n) is 1.50. The van der Waals surface area contributed by atoms with Crippen LogP contribution in [0.25, 0.3) is 0 Å². The molecule has 1 N–H and O–H groups in total. The number of aromatic nitrogens is 2. The SMILES string of the molecule is Cc1cnc(CC(=O)N(C)O)nc1. The topological polar surface area (TPSA) is 66.3 Å². The summed E-state index contributed by atoms with van der Waals surface area (Å²) in [6.07, 6.45) is 3.28. The van der Waals surface area contributed by atoms with Gasteiger partial charge in [0, 0.05) is 19.4 Å². The maximum absolute atomic E-state index is 11.0. The Kier molecular flexibility index (Phi) is 2.92. The number of rotatable bonds is 2. The Morgan fingerprint density at radius 1 is 1.54 bits per heavy atom. The fourth-order valence-electron chi connectivity index (χ4n) is 0.760. The van der Waals surface area contributed by atoms with E-state index >= 15 is 0 Å². The van der Waals surface area contributed by atoms with E-state index in [1.54, 1.807) is 12.4 Å². The molecule has 1 aromatic heterocycles. The van der Waals surface area contributed by atoms with Gasteiger partial charge in [0.2, 0.25) is 0 Å². The van der Waals surface area contributed by atoms with Gasteiger partial charge in [-0.2, -0.15) is 0 Å². The molecular weight excluding hydrogens is 170 g/mol. The molecule has 0 saturated heterocycles. The summed E-state index contributed by atoms with van der Waals surface area (Å²) in [5.74, 6) is -0.0136. The normalized spacial score (nSPS) is 9.77. The van der Waals surface area contributed by atoms with Crippen LogP contribution in [0.3, 0.4) is 0 Å². The minimum Gasteiger partial charge on any atom is -0.286 e. The number of aryl methyl sites for hydroxylation is 1. The molecule has 1 aromatic rings. The number of amides is 1. The highest BCUT2D eigenvalue weighted by atomic mass is 16.5. The van der Waals surface area contributed by atoms with Crippen LogP contribution in [0.5, 0.6) is 0 Å². The minimum absolute atomic E-state index is 0.0211. The van der Waals surface area contributed by atoms with E-state index in [0.29, 0.717) is 10.9 Å². The number of hydroxylamine groups is 2. The number of hydrogen-bond acceptors (Lipinski definition) is 4. The molecule has 0 fully saturated rings. The highest BCUT2D eigenvalue weighted by molar-refractivity contribution is 5.76. The van der Waals surface area contributed by atoms with Gasteiger partial charge in [0.15, 0.2) is 0 Å². The summed E-state index contributed by atoms with van der Waals surface area (Å²) in [6, 6.07) is 0. The molecule has 0 saturated carbocycles. The lowest BCUT2D eigenvalue weighted by atomic mass is 10.3. The lowest BCUT2D eigenvalue weighted by Gasteiger charge is -2.06. The van der Waals surface area contributed by atoms with Crippen molar-refractivity contribution in [2.75, 3.05) is 7.05 Å². The number of carbonyl (C=O) groups excluding carboxylic acids is 1. The molecule has 0 unspecified atom stereocenters. The number of likely N-dealkylation sites (N-methyl/N-ethyl adjacent to an activating group) is 1. The van der Waals surface area contributed by atoms with Gasteiger partial charge in [-0.3, -0.25) is 10.0 Å². The second-order valence-corrected chi connectivity index (χ2v) is 2.77. The molecule has 5 heteroatoms. The fraction of sp³-hybridized carbons (Fsp3) is 0.375. The van der Waals surface area contributed by atoms with Crippen LogP contribution in [-0.2, 0) is 11.2 Å². The van der Waals surface area contributed by atoms with Crippen LogP contribution in [0.15, 0.2) is 12.4 Å². The summed E-state index contributed by atoms with van der Waals surface area (Å²) in [6.45, 7) is 1.86. The van der Waals surface area contributed by atoms with Crippen LogP contribution in [0.4, 0.5) is 0 Å². The van der Waals surface area contributed by atoms with E-state index in [-0.39, 0.29) is 6.42 Å².